The van der Waals surface area contributed by atoms with Gasteiger partial charge in [0.25, 0.3) is 0 Å². The Bertz CT molecular complexity index is 957. The Hall–Kier alpha value is -2.42. The third kappa shape index (κ3) is 5.14. The summed E-state index contributed by atoms with van der Waals surface area (Å²) in [7, 11) is 0. The number of carbonyl (C=O) groups is 1. The van der Waals surface area contributed by atoms with Gasteiger partial charge in [0.15, 0.2) is 11.0 Å². The highest BCUT2D eigenvalue weighted by Gasteiger charge is 2.20. The summed E-state index contributed by atoms with van der Waals surface area (Å²) >= 11 is 7.18. The molecule has 0 saturated carbocycles. The van der Waals surface area contributed by atoms with Crippen LogP contribution < -0.4 is 5.32 Å². The molecule has 2 aromatic heterocycles. The Morgan fingerprint density at radius 1 is 1.10 bits per heavy atom. The van der Waals surface area contributed by atoms with E-state index in [0.717, 1.165) is 31.1 Å². The van der Waals surface area contributed by atoms with E-state index in [-0.39, 0.29) is 11.7 Å². The summed E-state index contributed by atoms with van der Waals surface area (Å²) in [6, 6.07) is 13.4. The highest BCUT2D eigenvalue weighted by atomic mass is 35.5. The maximum Gasteiger partial charge on any atom is 0.236 e. The van der Waals surface area contributed by atoms with Gasteiger partial charge in [-0.3, -0.25) is 14.3 Å². The molecule has 1 aliphatic heterocycles. The second-order valence-corrected chi connectivity index (χ2v) is 8.13. The van der Waals surface area contributed by atoms with Gasteiger partial charge in [-0.05, 0) is 50.2 Å². The fourth-order valence-corrected chi connectivity index (χ4v) is 4.11. The highest BCUT2D eigenvalue weighted by Crippen LogP contribution is 2.24. The molecule has 4 rings (SSSR count). The van der Waals surface area contributed by atoms with Gasteiger partial charge in [-0.1, -0.05) is 41.6 Å². The minimum absolute atomic E-state index is 0.159. The van der Waals surface area contributed by atoms with Crippen LogP contribution in [0.1, 0.15) is 18.7 Å². The van der Waals surface area contributed by atoms with E-state index in [9.17, 15) is 4.79 Å². The van der Waals surface area contributed by atoms with Gasteiger partial charge in [0.1, 0.15) is 5.82 Å². The molecule has 1 N–H and O–H groups in total. The van der Waals surface area contributed by atoms with Crippen LogP contribution in [-0.4, -0.2) is 49.4 Å². The number of aromatic nitrogens is 4. The number of hydrogen-bond acceptors (Lipinski definition) is 6. The van der Waals surface area contributed by atoms with E-state index in [1.807, 2.05) is 34.9 Å². The molecular formula is C20H21ClN6OS. The number of thioether (sulfide) groups is 1. The summed E-state index contributed by atoms with van der Waals surface area (Å²) < 4.78 is 2.04. The number of anilines is 1. The van der Waals surface area contributed by atoms with Crippen molar-refractivity contribution < 1.29 is 4.79 Å². The first kappa shape index (κ1) is 19.9. The molecule has 0 radical (unpaired) electrons. The number of nitrogens with one attached hydrogen (secondary N) is 1. The van der Waals surface area contributed by atoms with Crippen molar-refractivity contribution in [1.82, 2.24) is 24.6 Å². The van der Waals surface area contributed by atoms with Crippen molar-refractivity contribution in [2.75, 3.05) is 24.2 Å². The van der Waals surface area contributed by atoms with Crippen molar-refractivity contribution in [2.24, 2.45) is 0 Å². The first-order valence-corrected chi connectivity index (χ1v) is 10.8. The molecule has 7 nitrogen and oxygen atoms in total. The van der Waals surface area contributed by atoms with Crippen LogP contribution in [0.5, 0.6) is 0 Å². The number of benzene rings is 1. The number of likely N-dealkylation sites (tertiary alicyclic amines) is 1. The molecule has 9 heteroatoms. The largest absolute Gasteiger partial charge is 0.310 e. The number of para-hydroxylation sites is 1. The van der Waals surface area contributed by atoms with E-state index in [1.54, 1.807) is 12.1 Å². The topological polar surface area (TPSA) is 75.9 Å². The number of rotatable bonds is 7. The van der Waals surface area contributed by atoms with E-state index >= 15 is 0 Å². The quantitative estimate of drug-likeness (QED) is 0.579. The molecule has 0 spiro atoms. The van der Waals surface area contributed by atoms with Gasteiger partial charge in [-0.15, -0.1) is 10.2 Å². The zero-order chi connectivity index (χ0) is 20.1. The van der Waals surface area contributed by atoms with Crippen LogP contribution in [-0.2, 0) is 11.3 Å². The fourth-order valence-electron chi connectivity index (χ4n) is 3.23. The Morgan fingerprint density at radius 3 is 2.62 bits per heavy atom. The van der Waals surface area contributed by atoms with E-state index in [1.165, 1.54) is 30.8 Å². The van der Waals surface area contributed by atoms with Crippen LogP contribution in [0.2, 0.25) is 5.02 Å². The lowest BCUT2D eigenvalue weighted by Gasteiger charge is -2.15. The van der Waals surface area contributed by atoms with Crippen molar-refractivity contribution in [2.45, 2.75) is 24.5 Å². The Kier molecular flexibility index (Phi) is 6.43. The third-order valence-electron chi connectivity index (χ3n) is 4.61. The standard InChI is InChI=1S/C20H21ClN6OS/c21-15-8-9-17(22-12-15)23-19(28)14-29-20-25-24-18(13-26-10-4-5-11-26)27(20)16-6-2-1-3-7-16/h1-3,6-9,12H,4-5,10-11,13-14H2,(H,22,23,28). The van der Waals surface area contributed by atoms with Gasteiger partial charge in [0, 0.05) is 11.9 Å². The van der Waals surface area contributed by atoms with Crippen LogP contribution in [0.25, 0.3) is 5.69 Å². The van der Waals surface area contributed by atoms with Crippen molar-refractivity contribution in [1.29, 1.82) is 0 Å². The Balaban J connectivity index is 1.48. The molecule has 1 amide bonds. The fraction of sp³-hybridized carbons (Fsp3) is 0.300. The first-order valence-electron chi connectivity index (χ1n) is 9.45. The minimum atomic E-state index is -0.159. The molecule has 1 fully saturated rings. The van der Waals surface area contributed by atoms with E-state index in [4.69, 9.17) is 11.6 Å². The van der Waals surface area contributed by atoms with Gasteiger partial charge in [0.05, 0.1) is 17.3 Å². The Morgan fingerprint density at radius 2 is 1.90 bits per heavy atom. The van der Waals surface area contributed by atoms with Crippen LogP contribution in [0.4, 0.5) is 5.82 Å². The molecule has 29 heavy (non-hydrogen) atoms. The lowest BCUT2D eigenvalue weighted by Crippen LogP contribution is -2.21. The zero-order valence-electron chi connectivity index (χ0n) is 15.8. The molecule has 0 aliphatic carbocycles. The van der Waals surface area contributed by atoms with Crippen molar-refractivity contribution in [3.05, 3.63) is 59.5 Å². The van der Waals surface area contributed by atoms with Gasteiger partial charge in [0.2, 0.25) is 5.91 Å². The molecule has 150 valence electrons. The molecule has 1 aromatic carbocycles. The van der Waals surface area contributed by atoms with E-state index in [0.29, 0.717) is 16.0 Å². The molecular weight excluding hydrogens is 408 g/mol. The number of carbonyl (C=O) groups excluding carboxylic acids is 1. The molecule has 1 aliphatic rings. The predicted octanol–water partition coefficient (Wildman–Crippen LogP) is 3.64. The lowest BCUT2D eigenvalue weighted by atomic mass is 10.3. The van der Waals surface area contributed by atoms with Gasteiger partial charge in [-0.25, -0.2) is 4.98 Å². The monoisotopic (exact) mass is 428 g/mol. The second-order valence-electron chi connectivity index (χ2n) is 6.75. The summed E-state index contributed by atoms with van der Waals surface area (Å²) in [6.07, 6.45) is 3.95. The van der Waals surface area contributed by atoms with Crippen molar-refractivity contribution >= 4 is 35.1 Å². The summed E-state index contributed by atoms with van der Waals surface area (Å²) in [6.45, 7) is 2.92. The number of hydrogen-bond donors (Lipinski definition) is 1. The number of amides is 1. The maximum atomic E-state index is 12.3. The van der Waals surface area contributed by atoms with Crippen LogP contribution in [0.15, 0.2) is 53.8 Å². The molecule has 0 bridgehead atoms. The number of halogens is 1. The lowest BCUT2D eigenvalue weighted by molar-refractivity contribution is -0.113. The summed E-state index contributed by atoms with van der Waals surface area (Å²) in [5.74, 6) is 1.41. The van der Waals surface area contributed by atoms with E-state index in [2.05, 4.69) is 25.4 Å². The average Bonchev–Trinajstić information content (AvgIpc) is 3.39. The van der Waals surface area contributed by atoms with Gasteiger partial charge in [-0.2, -0.15) is 0 Å². The number of nitrogens with zero attached hydrogens (tertiary/aromatic N) is 5. The number of pyridine rings is 1. The summed E-state index contributed by atoms with van der Waals surface area (Å²) in [5, 5.41) is 12.8. The van der Waals surface area contributed by atoms with Gasteiger partial charge < -0.3 is 5.32 Å². The van der Waals surface area contributed by atoms with Crippen LogP contribution >= 0.6 is 23.4 Å². The first-order chi connectivity index (χ1) is 14.2. The minimum Gasteiger partial charge on any atom is -0.310 e. The molecule has 3 heterocycles. The normalized spacial score (nSPS) is 14.2. The molecule has 0 atom stereocenters. The third-order valence-corrected chi connectivity index (χ3v) is 5.76. The molecule has 1 saturated heterocycles. The predicted molar refractivity (Wildman–Crippen MR) is 114 cm³/mol. The molecule has 3 aromatic rings. The van der Waals surface area contributed by atoms with Crippen LogP contribution in [0.3, 0.4) is 0 Å². The Labute approximate surface area is 178 Å². The summed E-state index contributed by atoms with van der Waals surface area (Å²) in [4.78, 5) is 18.8. The van der Waals surface area contributed by atoms with Crippen molar-refractivity contribution in [3.63, 3.8) is 0 Å². The zero-order valence-corrected chi connectivity index (χ0v) is 17.4. The maximum absolute atomic E-state index is 12.3. The average molecular weight is 429 g/mol. The molecule has 0 unspecified atom stereocenters. The highest BCUT2D eigenvalue weighted by molar-refractivity contribution is 7.99. The van der Waals surface area contributed by atoms with Crippen LogP contribution in [0, 0.1) is 0 Å². The summed E-state index contributed by atoms with van der Waals surface area (Å²) in [5.41, 5.74) is 0.994. The van der Waals surface area contributed by atoms with Crippen molar-refractivity contribution in [3.8, 4) is 5.69 Å². The van der Waals surface area contributed by atoms with E-state index < -0.39 is 0 Å². The van der Waals surface area contributed by atoms with Gasteiger partial charge >= 0.3 is 0 Å². The SMILES string of the molecule is O=C(CSc1nnc(CN2CCCC2)n1-c1ccccc1)Nc1ccc(Cl)cn1. The second kappa shape index (κ2) is 9.39. The smallest absolute Gasteiger partial charge is 0.236 e.